The molecule has 19 heavy (non-hydrogen) atoms. The van der Waals surface area contributed by atoms with Crippen LogP contribution in [0.2, 0.25) is 0 Å². The largest absolute Gasteiger partial charge is 0.460 e. The van der Waals surface area contributed by atoms with E-state index in [9.17, 15) is 9.59 Å². The van der Waals surface area contributed by atoms with Gasteiger partial charge in [0, 0.05) is 10.0 Å². The molecule has 5 heteroatoms. The van der Waals surface area contributed by atoms with E-state index in [2.05, 4.69) is 15.9 Å². The number of esters is 1. The topological polar surface area (TPSA) is 56.5 Å². The first-order valence-corrected chi connectivity index (χ1v) is 6.65. The maximum atomic E-state index is 12.3. The molecule has 0 amide bonds. The number of rotatable bonds is 2. The quantitative estimate of drug-likeness (QED) is 0.795. The van der Waals surface area contributed by atoms with Gasteiger partial charge in [-0.05, 0) is 38.5 Å². The van der Waals surface area contributed by atoms with Gasteiger partial charge in [-0.15, -0.1) is 0 Å². The van der Waals surface area contributed by atoms with Crippen LogP contribution in [0.1, 0.15) is 28.6 Å². The van der Waals surface area contributed by atoms with Crippen molar-refractivity contribution in [3.05, 3.63) is 43.7 Å². The minimum atomic E-state index is -0.610. The van der Waals surface area contributed by atoms with Crippen LogP contribution in [0.3, 0.4) is 0 Å². The van der Waals surface area contributed by atoms with Crippen LogP contribution >= 0.6 is 15.9 Å². The fourth-order valence-corrected chi connectivity index (χ4v) is 2.48. The van der Waals surface area contributed by atoms with Crippen LogP contribution in [0.15, 0.2) is 25.8 Å². The third-order valence-electron chi connectivity index (χ3n) is 2.83. The second kappa shape index (κ2) is 5.17. The lowest BCUT2D eigenvalue weighted by Crippen LogP contribution is -2.15. The average Bonchev–Trinajstić information content (AvgIpc) is 2.34. The maximum Gasteiger partial charge on any atom is 0.374 e. The molecule has 2 rings (SSSR count). The van der Waals surface area contributed by atoms with E-state index in [1.54, 1.807) is 19.9 Å². The Balaban J connectivity index is 2.80. The number of hydrogen-bond acceptors (Lipinski definition) is 4. The Morgan fingerprint density at radius 3 is 2.68 bits per heavy atom. The fraction of sp³-hybridized carbons (Fsp3) is 0.286. The fourth-order valence-electron chi connectivity index (χ4n) is 1.91. The van der Waals surface area contributed by atoms with Gasteiger partial charge in [0.25, 0.3) is 0 Å². The Morgan fingerprint density at radius 2 is 2.05 bits per heavy atom. The van der Waals surface area contributed by atoms with Crippen molar-refractivity contribution in [1.82, 2.24) is 0 Å². The highest BCUT2D eigenvalue weighted by molar-refractivity contribution is 9.10. The van der Waals surface area contributed by atoms with Crippen LogP contribution in [0.5, 0.6) is 0 Å². The molecule has 4 nitrogen and oxygen atoms in total. The number of hydrogen-bond donors (Lipinski definition) is 0. The summed E-state index contributed by atoms with van der Waals surface area (Å²) in [5.74, 6) is -0.633. The zero-order chi connectivity index (χ0) is 14.2. The average molecular weight is 325 g/mol. The molecule has 0 saturated heterocycles. The number of fused-ring (bicyclic) bond motifs is 1. The smallest absolute Gasteiger partial charge is 0.374 e. The summed E-state index contributed by atoms with van der Waals surface area (Å²) in [5.41, 5.74) is 1.26. The van der Waals surface area contributed by atoms with Gasteiger partial charge in [0.15, 0.2) is 5.43 Å². The van der Waals surface area contributed by atoms with E-state index in [0.29, 0.717) is 11.0 Å². The first kappa shape index (κ1) is 13.8. The molecule has 0 saturated carbocycles. The van der Waals surface area contributed by atoms with E-state index in [1.165, 1.54) is 0 Å². The molecule has 100 valence electrons. The Hall–Kier alpha value is -1.62. The van der Waals surface area contributed by atoms with E-state index in [1.807, 2.05) is 13.0 Å². The predicted molar refractivity (Wildman–Crippen MR) is 75.6 cm³/mol. The standard InChI is InChI=1S/C14H13BrO4/c1-4-18-14(17)13-8(3)11(16)10-6-9(15)5-7(2)12(10)19-13/h5-6H,4H2,1-3H3. The van der Waals surface area contributed by atoms with Crippen LogP contribution in [-0.2, 0) is 4.74 Å². The van der Waals surface area contributed by atoms with Crippen molar-refractivity contribution in [2.45, 2.75) is 20.8 Å². The van der Waals surface area contributed by atoms with Gasteiger partial charge in [-0.3, -0.25) is 4.79 Å². The predicted octanol–water partition coefficient (Wildman–Crippen LogP) is 3.35. The molecule has 0 unspecified atom stereocenters. The van der Waals surface area contributed by atoms with Crippen LogP contribution in [-0.4, -0.2) is 12.6 Å². The molecule has 0 bridgehead atoms. The van der Waals surface area contributed by atoms with Gasteiger partial charge in [-0.25, -0.2) is 4.79 Å². The first-order chi connectivity index (χ1) is 8.95. The number of halogens is 1. The van der Waals surface area contributed by atoms with Gasteiger partial charge >= 0.3 is 5.97 Å². The Bertz CT molecular complexity index is 715. The van der Waals surface area contributed by atoms with Crippen molar-refractivity contribution in [2.24, 2.45) is 0 Å². The molecule has 1 aromatic heterocycles. The van der Waals surface area contributed by atoms with Gasteiger partial charge in [-0.1, -0.05) is 15.9 Å². The highest BCUT2D eigenvalue weighted by Crippen LogP contribution is 2.24. The minimum absolute atomic E-state index is 0.0234. The van der Waals surface area contributed by atoms with Crippen LogP contribution in [0.25, 0.3) is 11.0 Å². The molecular formula is C14H13BrO4. The lowest BCUT2D eigenvalue weighted by atomic mass is 10.1. The summed E-state index contributed by atoms with van der Waals surface area (Å²) >= 11 is 3.34. The first-order valence-electron chi connectivity index (χ1n) is 5.86. The summed E-state index contributed by atoms with van der Waals surface area (Å²) in [5, 5.41) is 0.456. The van der Waals surface area contributed by atoms with Gasteiger partial charge < -0.3 is 9.15 Å². The Morgan fingerprint density at radius 1 is 1.37 bits per heavy atom. The molecule has 0 aliphatic rings. The van der Waals surface area contributed by atoms with Crippen LogP contribution in [0, 0.1) is 13.8 Å². The molecule has 0 N–H and O–H groups in total. The highest BCUT2D eigenvalue weighted by atomic mass is 79.9. The third kappa shape index (κ3) is 2.42. The van der Waals surface area contributed by atoms with Crippen molar-refractivity contribution >= 4 is 32.9 Å². The number of benzene rings is 1. The van der Waals surface area contributed by atoms with Crippen molar-refractivity contribution in [1.29, 1.82) is 0 Å². The lowest BCUT2D eigenvalue weighted by Gasteiger charge is -2.08. The van der Waals surface area contributed by atoms with Gasteiger partial charge in [0.2, 0.25) is 5.76 Å². The van der Waals surface area contributed by atoms with Crippen molar-refractivity contribution in [3.63, 3.8) is 0 Å². The molecule has 1 aromatic carbocycles. The monoisotopic (exact) mass is 324 g/mol. The van der Waals surface area contributed by atoms with E-state index in [4.69, 9.17) is 9.15 Å². The maximum absolute atomic E-state index is 12.3. The highest BCUT2D eigenvalue weighted by Gasteiger charge is 2.19. The molecular weight excluding hydrogens is 312 g/mol. The van der Waals surface area contributed by atoms with Gasteiger partial charge in [-0.2, -0.15) is 0 Å². The molecule has 0 aliphatic heterocycles. The van der Waals surface area contributed by atoms with Crippen molar-refractivity contribution in [2.75, 3.05) is 6.61 Å². The SMILES string of the molecule is CCOC(=O)c1oc2c(C)cc(Br)cc2c(=O)c1C. The molecule has 0 aliphatic carbocycles. The molecule has 1 heterocycles. The van der Waals surface area contributed by atoms with Gasteiger partial charge in [0.05, 0.1) is 12.0 Å². The Labute approximate surface area is 118 Å². The van der Waals surface area contributed by atoms with E-state index in [0.717, 1.165) is 10.0 Å². The number of ether oxygens (including phenoxy) is 1. The molecule has 0 fully saturated rings. The summed E-state index contributed by atoms with van der Waals surface area (Å²) in [6.45, 7) is 5.32. The normalized spacial score (nSPS) is 10.7. The zero-order valence-corrected chi connectivity index (χ0v) is 12.5. The molecule has 0 radical (unpaired) electrons. The molecule has 0 spiro atoms. The Kier molecular flexibility index (Phi) is 3.75. The van der Waals surface area contributed by atoms with Gasteiger partial charge in [0.1, 0.15) is 5.58 Å². The summed E-state index contributed by atoms with van der Waals surface area (Å²) in [6, 6.07) is 3.52. The molecule has 0 atom stereocenters. The lowest BCUT2D eigenvalue weighted by molar-refractivity contribution is 0.0489. The zero-order valence-electron chi connectivity index (χ0n) is 10.9. The van der Waals surface area contributed by atoms with E-state index < -0.39 is 5.97 Å². The number of carbonyl (C=O) groups is 1. The summed E-state index contributed by atoms with van der Waals surface area (Å²) in [4.78, 5) is 24.0. The summed E-state index contributed by atoms with van der Waals surface area (Å²) in [7, 11) is 0. The van der Waals surface area contributed by atoms with E-state index >= 15 is 0 Å². The second-order valence-corrected chi connectivity index (χ2v) is 5.12. The number of aryl methyl sites for hydroxylation is 1. The minimum Gasteiger partial charge on any atom is -0.460 e. The van der Waals surface area contributed by atoms with Crippen molar-refractivity contribution < 1.29 is 13.9 Å². The van der Waals surface area contributed by atoms with E-state index in [-0.39, 0.29) is 23.4 Å². The van der Waals surface area contributed by atoms with Crippen LogP contribution < -0.4 is 5.43 Å². The van der Waals surface area contributed by atoms with Crippen molar-refractivity contribution in [3.8, 4) is 0 Å². The second-order valence-electron chi connectivity index (χ2n) is 4.21. The summed E-state index contributed by atoms with van der Waals surface area (Å²) < 4.78 is 11.3. The third-order valence-corrected chi connectivity index (χ3v) is 3.29. The summed E-state index contributed by atoms with van der Waals surface area (Å²) in [6.07, 6.45) is 0. The van der Waals surface area contributed by atoms with Crippen LogP contribution in [0.4, 0.5) is 0 Å². The number of carbonyl (C=O) groups excluding carboxylic acids is 1. The molecule has 2 aromatic rings.